The molecule has 0 radical (unpaired) electrons. The Hall–Kier alpha value is -1.89. The monoisotopic (exact) mass is 265 g/mol. The number of ether oxygens (including phenoxy) is 1. The first kappa shape index (κ1) is 12.6. The largest absolute Gasteiger partial charge is 0.461 e. The molecule has 0 atom stereocenters. The van der Waals surface area contributed by atoms with Gasteiger partial charge in [-0.3, -0.25) is 0 Å². The van der Waals surface area contributed by atoms with Crippen molar-refractivity contribution in [2.45, 2.75) is 24.2 Å². The van der Waals surface area contributed by atoms with Gasteiger partial charge in [-0.15, -0.1) is 0 Å². The maximum Gasteiger partial charge on any atom is 0.360 e. The van der Waals surface area contributed by atoms with Gasteiger partial charge < -0.3 is 9.15 Å². The lowest BCUT2D eigenvalue weighted by molar-refractivity contribution is 0.0519. The maximum atomic E-state index is 11.4. The Kier molecular flexibility index (Phi) is 3.93. The highest BCUT2D eigenvalue weighted by molar-refractivity contribution is 7.98. The molecule has 0 bridgehead atoms. The Morgan fingerprint density at radius 2 is 2.33 bits per heavy atom. The molecule has 0 aliphatic heterocycles. The molecule has 0 fully saturated rings. The predicted molar refractivity (Wildman–Crippen MR) is 63.4 cm³/mol. The number of esters is 1. The van der Waals surface area contributed by atoms with E-state index in [1.54, 1.807) is 19.2 Å². The minimum atomic E-state index is -0.502. The van der Waals surface area contributed by atoms with Crippen LogP contribution in [0.2, 0.25) is 0 Å². The van der Waals surface area contributed by atoms with E-state index in [2.05, 4.69) is 15.0 Å². The van der Waals surface area contributed by atoms with E-state index in [0.29, 0.717) is 17.0 Å². The summed E-state index contributed by atoms with van der Waals surface area (Å²) >= 11 is 1.15. The van der Waals surface area contributed by atoms with E-state index in [1.807, 2.05) is 6.92 Å². The molecule has 0 spiro atoms. The quantitative estimate of drug-likeness (QED) is 0.618. The number of hydrogen-bond donors (Lipinski definition) is 0. The van der Waals surface area contributed by atoms with Crippen molar-refractivity contribution in [3.05, 3.63) is 29.9 Å². The molecule has 0 unspecified atom stereocenters. The molecule has 2 aromatic rings. The first-order valence-corrected chi connectivity index (χ1v) is 6.11. The van der Waals surface area contributed by atoms with Gasteiger partial charge in [-0.05, 0) is 19.9 Å². The SMILES string of the molecule is CCOC(=O)c1coc(Sc2nccc(C)n2)n1. The van der Waals surface area contributed by atoms with Crippen LogP contribution >= 0.6 is 11.8 Å². The second kappa shape index (κ2) is 5.63. The molecule has 0 aliphatic rings. The van der Waals surface area contributed by atoms with Crippen LogP contribution in [0, 0.1) is 6.92 Å². The number of aryl methyl sites for hydroxylation is 1. The van der Waals surface area contributed by atoms with Crippen LogP contribution in [0.15, 0.2) is 33.3 Å². The molecule has 2 aromatic heterocycles. The highest BCUT2D eigenvalue weighted by atomic mass is 32.2. The summed E-state index contributed by atoms with van der Waals surface area (Å²) in [6.07, 6.45) is 2.91. The van der Waals surface area contributed by atoms with Crippen molar-refractivity contribution in [1.29, 1.82) is 0 Å². The Morgan fingerprint density at radius 3 is 3.06 bits per heavy atom. The van der Waals surface area contributed by atoms with Crippen molar-refractivity contribution < 1.29 is 13.9 Å². The smallest absolute Gasteiger partial charge is 0.360 e. The molecular formula is C11H11N3O3S. The van der Waals surface area contributed by atoms with Crippen molar-refractivity contribution in [2.75, 3.05) is 6.61 Å². The number of oxazole rings is 1. The topological polar surface area (TPSA) is 78.1 Å². The molecule has 0 aliphatic carbocycles. The second-order valence-electron chi connectivity index (χ2n) is 3.30. The van der Waals surface area contributed by atoms with Gasteiger partial charge in [0.15, 0.2) is 10.9 Å². The average molecular weight is 265 g/mol. The Bertz CT molecular complexity index is 556. The summed E-state index contributed by atoms with van der Waals surface area (Å²) in [7, 11) is 0. The highest BCUT2D eigenvalue weighted by Gasteiger charge is 2.14. The summed E-state index contributed by atoms with van der Waals surface area (Å²) in [6, 6.07) is 1.80. The van der Waals surface area contributed by atoms with Crippen LogP contribution in [0.25, 0.3) is 0 Å². The van der Waals surface area contributed by atoms with Gasteiger partial charge in [-0.2, -0.15) is 4.98 Å². The minimum absolute atomic E-state index is 0.145. The molecule has 7 heteroatoms. The van der Waals surface area contributed by atoms with E-state index in [0.717, 1.165) is 17.5 Å². The first-order valence-electron chi connectivity index (χ1n) is 5.29. The van der Waals surface area contributed by atoms with Crippen molar-refractivity contribution in [2.24, 2.45) is 0 Å². The molecule has 18 heavy (non-hydrogen) atoms. The van der Waals surface area contributed by atoms with Gasteiger partial charge in [0.05, 0.1) is 6.61 Å². The summed E-state index contributed by atoms with van der Waals surface area (Å²) in [5.41, 5.74) is 0.997. The van der Waals surface area contributed by atoms with Crippen LogP contribution < -0.4 is 0 Å². The second-order valence-corrected chi connectivity index (χ2v) is 4.22. The molecule has 94 valence electrons. The summed E-state index contributed by atoms with van der Waals surface area (Å²) < 4.78 is 9.96. The summed E-state index contributed by atoms with van der Waals surface area (Å²) in [6.45, 7) is 3.90. The van der Waals surface area contributed by atoms with Crippen LogP contribution in [-0.4, -0.2) is 27.5 Å². The molecule has 0 saturated heterocycles. The van der Waals surface area contributed by atoms with Gasteiger partial charge in [-0.25, -0.2) is 14.8 Å². The molecule has 0 saturated carbocycles. The fourth-order valence-corrected chi connectivity index (χ4v) is 1.86. The van der Waals surface area contributed by atoms with Gasteiger partial charge in [0.1, 0.15) is 6.26 Å². The Morgan fingerprint density at radius 1 is 1.50 bits per heavy atom. The zero-order chi connectivity index (χ0) is 13.0. The van der Waals surface area contributed by atoms with Crippen LogP contribution in [0.1, 0.15) is 23.1 Å². The van der Waals surface area contributed by atoms with Crippen molar-refractivity contribution >= 4 is 17.7 Å². The van der Waals surface area contributed by atoms with Gasteiger partial charge in [0.25, 0.3) is 5.22 Å². The molecule has 0 amide bonds. The third-order valence-electron chi connectivity index (χ3n) is 1.92. The standard InChI is InChI=1S/C11H11N3O3S/c1-3-16-9(15)8-6-17-11(14-8)18-10-12-5-4-7(2)13-10/h4-6H,3H2,1-2H3. The van der Waals surface area contributed by atoms with E-state index in [1.165, 1.54) is 6.26 Å². The molecule has 0 aromatic carbocycles. The first-order chi connectivity index (χ1) is 8.69. The van der Waals surface area contributed by atoms with Crippen LogP contribution in [0.5, 0.6) is 0 Å². The lowest BCUT2D eigenvalue weighted by Crippen LogP contribution is -2.04. The molecular weight excluding hydrogens is 254 g/mol. The lowest BCUT2D eigenvalue weighted by Gasteiger charge is -1.96. The van der Waals surface area contributed by atoms with Crippen LogP contribution in [0.4, 0.5) is 0 Å². The van der Waals surface area contributed by atoms with E-state index in [9.17, 15) is 4.79 Å². The van der Waals surface area contributed by atoms with Crippen molar-refractivity contribution in [3.8, 4) is 0 Å². The van der Waals surface area contributed by atoms with E-state index in [4.69, 9.17) is 9.15 Å². The Labute approximate surface area is 108 Å². The minimum Gasteiger partial charge on any atom is -0.461 e. The van der Waals surface area contributed by atoms with Gasteiger partial charge in [0, 0.05) is 23.7 Å². The van der Waals surface area contributed by atoms with E-state index in [-0.39, 0.29) is 5.69 Å². The molecule has 6 nitrogen and oxygen atoms in total. The molecule has 0 N–H and O–H groups in total. The third kappa shape index (κ3) is 3.07. The van der Waals surface area contributed by atoms with E-state index >= 15 is 0 Å². The maximum absolute atomic E-state index is 11.4. The number of carbonyl (C=O) groups excluding carboxylic acids is 1. The molecule has 2 heterocycles. The van der Waals surface area contributed by atoms with Gasteiger partial charge >= 0.3 is 5.97 Å². The zero-order valence-corrected chi connectivity index (χ0v) is 10.7. The normalized spacial score (nSPS) is 10.3. The summed E-state index contributed by atoms with van der Waals surface area (Å²) in [4.78, 5) is 23.6. The number of hydrogen-bond acceptors (Lipinski definition) is 7. The Balaban J connectivity index is 2.09. The fraction of sp³-hybridized carbons (Fsp3) is 0.273. The summed E-state index contributed by atoms with van der Waals surface area (Å²) in [5, 5.41) is 0.830. The number of rotatable bonds is 4. The third-order valence-corrected chi connectivity index (χ3v) is 2.66. The van der Waals surface area contributed by atoms with Gasteiger partial charge in [0.2, 0.25) is 0 Å². The lowest BCUT2D eigenvalue weighted by atomic mass is 10.5. The summed E-state index contributed by atoms with van der Waals surface area (Å²) in [5.74, 6) is -0.502. The highest BCUT2D eigenvalue weighted by Crippen LogP contribution is 2.23. The van der Waals surface area contributed by atoms with Crippen LogP contribution in [0.3, 0.4) is 0 Å². The zero-order valence-electron chi connectivity index (χ0n) is 9.91. The predicted octanol–water partition coefficient (Wildman–Crippen LogP) is 2.10. The number of carbonyl (C=O) groups is 1. The van der Waals surface area contributed by atoms with Gasteiger partial charge in [-0.1, -0.05) is 0 Å². The van der Waals surface area contributed by atoms with E-state index < -0.39 is 5.97 Å². The molecule has 2 rings (SSSR count). The fourth-order valence-electron chi connectivity index (χ4n) is 1.16. The number of aromatic nitrogens is 3. The average Bonchev–Trinajstić information content (AvgIpc) is 2.78. The number of nitrogens with zero attached hydrogens (tertiary/aromatic N) is 3. The van der Waals surface area contributed by atoms with Crippen LogP contribution in [-0.2, 0) is 4.74 Å². The van der Waals surface area contributed by atoms with Crippen molar-refractivity contribution in [1.82, 2.24) is 15.0 Å². The van der Waals surface area contributed by atoms with Crippen molar-refractivity contribution in [3.63, 3.8) is 0 Å².